The van der Waals surface area contributed by atoms with Crippen LogP contribution >= 0.6 is 11.6 Å². The second kappa shape index (κ2) is 8.89. The summed E-state index contributed by atoms with van der Waals surface area (Å²) in [5.41, 5.74) is 2.09. The van der Waals surface area contributed by atoms with Gasteiger partial charge >= 0.3 is 0 Å². The van der Waals surface area contributed by atoms with Gasteiger partial charge in [0.2, 0.25) is 0 Å². The number of carbonyl (C=O) groups excluding carboxylic acids is 2. The molecule has 2 N–H and O–H groups in total. The fourth-order valence-corrected chi connectivity index (χ4v) is 2.37. The van der Waals surface area contributed by atoms with E-state index in [1.54, 1.807) is 30.3 Å². The Kier molecular flexibility index (Phi) is 6.58. The highest BCUT2D eigenvalue weighted by Gasteiger charge is 2.08. The smallest absolute Gasteiger partial charge is 0.251 e. The van der Waals surface area contributed by atoms with E-state index < -0.39 is 0 Å². The zero-order valence-electron chi connectivity index (χ0n) is 13.2. The maximum atomic E-state index is 12.1. The molecule has 0 saturated heterocycles. The maximum absolute atomic E-state index is 12.1. The summed E-state index contributed by atoms with van der Waals surface area (Å²) in [6.07, 6.45) is 2.31. The molecule has 0 aromatic heterocycles. The Bertz CT molecular complexity index is 726. The van der Waals surface area contributed by atoms with Gasteiger partial charge in [-0.3, -0.25) is 9.59 Å². The van der Waals surface area contributed by atoms with Crippen molar-refractivity contribution < 1.29 is 9.59 Å². The van der Waals surface area contributed by atoms with Gasteiger partial charge in [-0.25, -0.2) is 0 Å². The van der Waals surface area contributed by atoms with Gasteiger partial charge in [0.05, 0.1) is 0 Å². The van der Waals surface area contributed by atoms with Crippen LogP contribution in [0.2, 0.25) is 5.02 Å². The van der Waals surface area contributed by atoms with E-state index >= 15 is 0 Å². The first-order valence-electron chi connectivity index (χ1n) is 7.62. The fraction of sp³-hybridized carbons (Fsp3) is 0.158. The van der Waals surface area contributed by atoms with Crippen LogP contribution in [0.15, 0.2) is 61.2 Å². The van der Waals surface area contributed by atoms with Crippen LogP contribution < -0.4 is 10.6 Å². The van der Waals surface area contributed by atoms with E-state index in [1.165, 1.54) is 0 Å². The van der Waals surface area contributed by atoms with E-state index in [-0.39, 0.29) is 11.8 Å². The van der Waals surface area contributed by atoms with Gasteiger partial charge in [-0.2, -0.15) is 0 Å². The average molecular weight is 343 g/mol. The van der Waals surface area contributed by atoms with Gasteiger partial charge in [-0.15, -0.1) is 6.58 Å². The van der Waals surface area contributed by atoms with Gasteiger partial charge in [0.25, 0.3) is 11.8 Å². The molecule has 0 aliphatic rings. The standard InChI is InChI=1S/C19H19ClN2O2/c1-2-11-21-18(23)15-6-8-16(9-7-15)19(24)22-12-10-14-4-3-5-17(20)13-14/h2-9,13H,1,10-12H2,(H,21,23)(H,22,24). The van der Waals surface area contributed by atoms with Crippen molar-refractivity contribution in [1.82, 2.24) is 10.6 Å². The van der Waals surface area contributed by atoms with Crippen LogP contribution in [0.4, 0.5) is 0 Å². The van der Waals surface area contributed by atoms with Gasteiger partial charge in [-0.05, 0) is 48.4 Å². The zero-order valence-corrected chi connectivity index (χ0v) is 14.0. The number of carbonyl (C=O) groups is 2. The van der Waals surface area contributed by atoms with Crippen LogP contribution in [0, 0.1) is 0 Å². The first kappa shape index (κ1) is 17.8. The summed E-state index contributed by atoms with van der Waals surface area (Å²) in [5, 5.41) is 6.22. The molecule has 124 valence electrons. The summed E-state index contributed by atoms with van der Waals surface area (Å²) in [4.78, 5) is 23.9. The molecule has 0 aliphatic carbocycles. The minimum atomic E-state index is -0.192. The first-order chi connectivity index (χ1) is 11.6. The van der Waals surface area contributed by atoms with E-state index in [9.17, 15) is 9.59 Å². The minimum absolute atomic E-state index is 0.171. The zero-order chi connectivity index (χ0) is 17.4. The third-order valence-electron chi connectivity index (χ3n) is 3.40. The van der Waals surface area contributed by atoms with Crippen LogP contribution in [-0.4, -0.2) is 24.9 Å². The molecule has 0 heterocycles. The summed E-state index contributed by atoms with van der Waals surface area (Å²) >= 11 is 5.93. The lowest BCUT2D eigenvalue weighted by molar-refractivity contribution is 0.0944. The molecule has 2 amide bonds. The van der Waals surface area contributed by atoms with Crippen molar-refractivity contribution in [2.75, 3.05) is 13.1 Å². The maximum Gasteiger partial charge on any atom is 0.251 e. The molecule has 0 unspecified atom stereocenters. The predicted octanol–water partition coefficient (Wildman–Crippen LogP) is 3.23. The van der Waals surface area contributed by atoms with E-state index in [1.807, 2.05) is 24.3 Å². The van der Waals surface area contributed by atoms with Crippen molar-refractivity contribution in [2.45, 2.75) is 6.42 Å². The molecule has 2 aromatic rings. The molecule has 0 aliphatic heterocycles. The van der Waals surface area contributed by atoms with Crippen LogP contribution in [0.3, 0.4) is 0 Å². The lowest BCUT2D eigenvalue weighted by Crippen LogP contribution is -2.26. The Morgan fingerprint density at radius 1 is 1.00 bits per heavy atom. The van der Waals surface area contributed by atoms with Crippen LogP contribution in [0.25, 0.3) is 0 Å². The molecule has 0 fully saturated rings. The minimum Gasteiger partial charge on any atom is -0.352 e. The number of amides is 2. The highest BCUT2D eigenvalue weighted by molar-refractivity contribution is 6.30. The molecule has 24 heavy (non-hydrogen) atoms. The predicted molar refractivity (Wildman–Crippen MR) is 96.5 cm³/mol. The Labute approximate surface area is 146 Å². The normalized spacial score (nSPS) is 10.0. The Balaban J connectivity index is 1.86. The molecule has 0 radical (unpaired) electrons. The molecule has 5 heteroatoms. The second-order valence-corrected chi connectivity index (χ2v) is 5.65. The highest BCUT2D eigenvalue weighted by Crippen LogP contribution is 2.11. The van der Waals surface area contributed by atoms with Gasteiger partial charge in [0.15, 0.2) is 0 Å². The molecule has 2 aromatic carbocycles. The van der Waals surface area contributed by atoms with Crippen LogP contribution in [-0.2, 0) is 6.42 Å². The molecule has 0 saturated carbocycles. The third kappa shape index (κ3) is 5.25. The number of benzene rings is 2. The van der Waals surface area contributed by atoms with Gasteiger partial charge in [-0.1, -0.05) is 29.8 Å². The van der Waals surface area contributed by atoms with E-state index in [2.05, 4.69) is 17.2 Å². The molecular formula is C19H19ClN2O2. The second-order valence-electron chi connectivity index (χ2n) is 5.21. The van der Waals surface area contributed by atoms with Crippen LogP contribution in [0.1, 0.15) is 26.3 Å². The molecule has 0 atom stereocenters. The largest absolute Gasteiger partial charge is 0.352 e. The molecule has 0 spiro atoms. The highest BCUT2D eigenvalue weighted by atomic mass is 35.5. The Morgan fingerprint density at radius 3 is 2.21 bits per heavy atom. The molecule has 2 rings (SSSR count). The quantitative estimate of drug-likeness (QED) is 0.759. The van der Waals surface area contributed by atoms with Gasteiger partial charge in [0.1, 0.15) is 0 Å². The fourth-order valence-electron chi connectivity index (χ4n) is 2.15. The summed E-state index contributed by atoms with van der Waals surface area (Å²) in [6.45, 7) is 4.47. The van der Waals surface area contributed by atoms with E-state index in [0.29, 0.717) is 35.7 Å². The summed E-state index contributed by atoms with van der Waals surface area (Å²) in [6, 6.07) is 14.1. The topological polar surface area (TPSA) is 58.2 Å². The van der Waals surface area contributed by atoms with Crippen molar-refractivity contribution in [3.63, 3.8) is 0 Å². The molecular weight excluding hydrogens is 324 g/mol. The summed E-state index contributed by atoms with van der Waals surface area (Å²) in [7, 11) is 0. The van der Waals surface area contributed by atoms with Crippen molar-refractivity contribution in [1.29, 1.82) is 0 Å². The average Bonchev–Trinajstić information content (AvgIpc) is 2.60. The van der Waals surface area contributed by atoms with E-state index in [4.69, 9.17) is 11.6 Å². The number of nitrogens with one attached hydrogen (secondary N) is 2. The van der Waals surface area contributed by atoms with Crippen molar-refractivity contribution >= 4 is 23.4 Å². The summed E-state index contributed by atoms with van der Waals surface area (Å²) < 4.78 is 0. The summed E-state index contributed by atoms with van der Waals surface area (Å²) in [5.74, 6) is -0.363. The third-order valence-corrected chi connectivity index (χ3v) is 3.64. The lowest BCUT2D eigenvalue weighted by atomic mass is 10.1. The number of halogens is 1. The molecule has 4 nitrogen and oxygen atoms in total. The molecule has 0 bridgehead atoms. The van der Waals surface area contributed by atoms with Crippen molar-refractivity contribution in [2.24, 2.45) is 0 Å². The first-order valence-corrected chi connectivity index (χ1v) is 8.00. The SMILES string of the molecule is C=CCNC(=O)c1ccc(C(=O)NCCc2cccc(Cl)c2)cc1. The lowest BCUT2D eigenvalue weighted by Gasteiger charge is -2.07. The van der Waals surface area contributed by atoms with Gasteiger partial charge in [0, 0.05) is 29.2 Å². The van der Waals surface area contributed by atoms with Crippen molar-refractivity contribution in [3.05, 3.63) is 82.9 Å². The Morgan fingerprint density at radius 2 is 1.62 bits per heavy atom. The number of hydrogen-bond donors (Lipinski definition) is 2. The monoisotopic (exact) mass is 342 g/mol. The van der Waals surface area contributed by atoms with Crippen LogP contribution in [0.5, 0.6) is 0 Å². The van der Waals surface area contributed by atoms with Gasteiger partial charge < -0.3 is 10.6 Å². The number of hydrogen-bond acceptors (Lipinski definition) is 2. The van der Waals surface area contributed by atoms with E-state index in [0.717, 1.165) is 5.56 Å². The Hall–Kier alpha value is -2.59. The van der Waals surface area contributed by atoms with Crippen molar-refractivity contribution in [3.8, 4) is 0 Å². The number of rotatable bonds is 7.